The van der Waals surface area contributed by atoms with Crippen molar-refractivity contribution in [1.29, 1.82) is 0 Å². The molecule has 58 heavy (non-hydrogen) atoms. The zero-order valence-electron chi connectivity index (χ0n) is 35.9. The molecule has 0 radical (unpaired) electrons. The van der Waals surface area contributed by atoms with Crippen molar-refractivity contribution in [1.82, 2.24) is 0 Å². The molecule has 0 fully saturated rings. The van der Waals surface area contributed by atoms with Crippen LogP contribution in [0.15, 0.2) is 131 Å². The molecular formula is C55H60Cl2Zr. The van der Waals surface area contributed by atoms with Crippen molar-refractivity contribution in [3.63, 3.8) is 0 Å². The summed E-state index contributed by atoms with van der Waals surface area (Å²) >= 11 is -2.58. The van der Waals surface area contributed by atoms with Gasteiger partial charge >= 0.3 is 347 Å². The molecule has 0 atom stereocenters. The molecule has 0 aliphatic heterocycles. The molecule has 6 aromatic rings. The Balaban J connectivity index is 0.00000283. The zero-order chi connectivity index (χ0) is 39.2. The standard InChI is InChI=1S/C41H37.C9H18.C5H5.2ClH.Zr/c1-40(2,3)38-24-34-28(22-36(38)32-19-11-15-26-13-7-9-17-30(26)32)21-29-23-37(39(25-35(29)34)41(4,5)6)33-20-12-16-27-14-8-10-18-31(27)33;1-3-5-7-9-8-6-4-2;1-2-4-5-3-1;;;/h7-25H,1-6H3;3-8H2,1-2H3;1-3H,4H2;2*1H;/q;;;;;+2/p-2. The van der Waals surface area contributed by atoms with Crippen molar-refractivity contribution in [3.05, 3.63) is 153 Å². The van der Waals surface area contributed by atoms with Crippen LogP contribution in [-0.4, -0.2) is 3.21 Å². The van der Waals surface area contributed by atoms with Crippen LogP contribution in [-0.2, 0) is 32.1 Å². The predicted molar refractivity (Wildman–Crippen MR) is 243 cm³/mol. The van der Waals surface area contributed by atoms with E-state index < -0.39 is 21.3 Å². The van der Waals surface area contributed by atoms with E-state index in [1.54, 1.807) is 14.4 Å². The van der Waals surface area contributed by atoms with Gasteiger partial charge in [0, 0.05) is 0 Å². The van der Waals surface area contributed by atoms with Crippen molar-refractivity contribution in [2.24, 2.45) is 0 Å². The van der Waals surface area contributed by atoms with Gasteiger partial charge in [-0.1, -0.05) is 0 Å². The van der Waals surface area contributed by atoms with Gasteiger partial charge < -0.3 is 24.8 Å². The number of unbranched alkanes of at least 4 members (excludes halogenated alkanes) is 2. The Morgan fingerprint density at radius 2 is 1.00 bits per heavy atom. The van der Waals surface area contributed by atoms with E-state index in [1.807, 2.05) is 3.21 Å². The average molecular weight is 883 g/mol. The summed E-state index contributed by atoms with van der Waals surface area (Å²) in [6.45, 7) is 19.3. The first kappa shape index (κ1) is 44.2. The molecule has 0 heterocycles. The molecule has 3 heteroatoms. The number of rotatable bonds is 10. The van der Waals surface area contributed by atoms with Crippen LogP contribution in [0.4, 0.5) is 0 Å². The average Bonchev–Trinajstić information content (AvgIpc) is 3.83. The first-order valence-electron chi connectivity index (χ1n) is 21.4. The Morgan fingerprint density at radius 3 is 1.41 bits per heavy atom. The normalized spacial score (nSPS) is 13.4. The van der Waals surface area contributed by atoms with Gasteiger partial charge in [-0.2, -0.15) is 0 Å². The number of hydrogen-bond acceptors (Lipinski definition) is 0. The third kappa shape index (κ3) is 8.36. The quantitative estimate of drug-likeness (QED) is 0.129. The molecule has 0 aromatic heterocycles. The van der Waals surface area contributed by atoms with Gasteiger partial charge in [-0.25, -0.2) is 0 Å². The summed E-state index contributed by atoms with van der Waals surface area (Å²) < 4.78 is 4.17. The summed E-state index contributed by atoms with van der Waals surface area (Å²) in [5.74, 6) is 0. The fraction of sp³-hybridized carbons (Fsp3) is 0.327. The Bertz CT molecular complexity index is 2390. The van der Waals surface area contributed by atoms with Crippen LogP contribution in [0, 0.1) is 0 Å². The monoisotopic (exact) mass is 880 g/mol. The van der Waals surface area contributed by atoms with Gasteiger partial charge in [0.1, 0.15) is 0 Å². The topological polar surface area (TPSA) is 0 Å². The maximum absolute atomic E-state index is 2.72. The second-order valence-electron chi connectivity index (χ2n) is 18.5. The molecule has 0 spiro atoms. The number of fused-ring (bicyclic) bond motifs is 5. The summed E-state index contributed by atoms with van der Waals surface area (Å²) in [6.07, 6.45) is 16.2. The molecule has 0 amide bonds. The van der Waals surface area contributed by atoms with E-state index in [9.17, 15) is 0 Å². The van der Waals surface area contributed by atoms with Gasteiger partial charge in [-0.05, 0) is 0 Å². The molecular weight excluding hydrogens is 823 g/mol. The third-order valence-corrected chi connectivity index (χ3v) is 21.2. The van der Waals surface area contributed by atoms with Crippen LogP contribution in [0.2, 0.25) is 0 Å². The SMILES string of the molecule is CCCC[C](CCCC)=[Zr+2]([C]1=CC=CC1)[CH]1c2cc(-c3cccc4ccccc34)c(C(C)(C)C)cc2-c2cc(C(C)(C)C)c(-c3cccc4ccccc34)cc21.[Cl-].[Cl-]. The minimum absolute atomic E-state index is 0. The minimum Gasteiger partial charge on any atom is -1.00 e. The van der Waals surface area contributed by atoms with E-state index >= 15 is 0 Å². The fourth-order valence-corrected chi connectivity index (χ4v) is 19.1. The molecule has 0 nitrogen and oxygen atoms in total. The zero-order valence-corrected chi connectivity index (χ0v) is 39.9. The van der Waals surface area contributed by atoms with Crippen molar-refractivity contribution < 1.29 is 46.1 Å². The van der Waals surface area contributed by atoms with Crippen LogP contribution < -0.4 is 24.8 Å². The number of hydrogen-bond donors (Lipinski definition) is 0. The molecule has 2 aliphatic rings. The van der Waals surface area contributed by atoms with Crippen LogP contribution in [0.5, 0.6) is 0 Å². The van der Waals surface area contributed by atoms with Gasteiger partial charge in [-0.15, -0.1) is 0 Å². The summed E-state index contributed by atoms with van der Waals surface area (Å²) in [7, 11) is 0. The molecule has 6 aromatic carbocycles. The van der Waals surface area contributed by atoms with Gasteiger partial charge in [0.15, 0.2) is 0 Å². The molecule has 0 N–H and O–H groups in total. The van der Waals surface area contributed by atoms with Crippen molar-refractivity contribution in [2.45, 2.75) is 115 Å². The minimum atomic E-state index is -2.58. The first-order valence-corrected chi connectivity index (χ1v) is 25.3. The second kappa shape index (κ2) is 18.1. The van der Waals surface area contributed by atoms with Crippen molar-refractivity contribution in [2.75, 3.05) is 0 Å². The van der Waals surface area contributed by atoms with Crippen molar-refractivity contribution >= 4 is 24.8 Å². The molecule has 8 rings (SSSR count). The maximum atomic E-state index is 2.72. The van der Waals surface area contributed by atoms with Gasteiger partial charge in [0.2, 0.25) is 0 Å². The Labute approximate surface area is 369 Å². The summed E-state index contributed by atoms with van der Waals surface area (Å²) in [5.41, 5.74) is 14.6. The molecule has 0 bridgehead atoms. The Hall–Kier alpha value is -3.35. The summed E-state index contributed by atoms with van der Waals surface area (Å²) in [4.78, 5) is 0. The summed E-state index contributed by atoms with van der Waals surface area (Å²) in [5, 5.41) is 5.32. The Morgan fingerprint density at radius 1 is 0.552 bits per heavy atom. The molecule has 0 unspecified atom stereocenters. The smallest absolute Gasteiger partial charge is 1.00 e. The molecule has 2 aliphatic carbocycles. The van der Waals surface area contributed by atoms with E-state index in [-0.39, 0.29) is 35.6 Å². The van der Waals surface area contributed by atoms with Gasteiger partial charge in [-0.3, -0.25) is 0 Å². The van der Waals surface area contributed by atoms with Crippen LogP contribution in [0.3, 0.4) is 0 Å². The van der Waals surface area contributed by atoms with Gasteiger partial charge in [0.25, 0.3) is 0 Å². The van der Waals surface area contributed by atoms with E-state index in [4.69, 9.17) is 0 Å². The van der Waals surface area contributed by atoms with E-state index in [2.05, 4.69) is 183 Å². The fourth-order valence-electron chi connectivity index (χ4n) is 9.70. The number of benzene rings is 6. The summed E-state index contributed by atoms with van der Waals surface area (Å²) in [6, 6.07) is 42.6. The molecule has 0 saturated heterocycles. The molecule has 0 saturated carbocycles. The van der Waals surface area contributed by atoms with Crippen molar-refractivity contribution in [3.8, 4) is 33.4 Å². The Kier molecular flexibility index (Phi) is 13.8. The van der Waals surface area contributed by atoms with Crippen LogP contribution in [0.1, 0.15) is 126 Å². The predicted octanol–water partition coefficient (Wildman–Crippen LogP) is 10.0. The first-order chi connectivity index (χ1) is 27.0. The van der Waals surface area contributed by atoms with Crippen LogP contribution in [0.25, 0.3) is 54.9 Å². The second-order valence-corrected chi connectivity index (χ2v) is 25.3. The van der Waals surface area contributed by atoms with Gasteiger partial charge in [0.05, 0.1) is 0 Å². The van der Waals surface area contributed by atoms with Crippen LogP contribution >= 0.6 is 0 Å². The third-order valence-electron chi connectivity index (χ3n) is 12.5. The van der Waals surface area contributed by atoms with E-state index in [0.717, 1.165) is 6.42 Å². The van der Waals surface area contributed by atoms with E-state index in [0.29, 0.717) is 3.63 Å². The van der Waals surface area contributed by atoms with E-state index in [1.165, 1.54) is 105 Å². The molecule has 298 valence electrons. The largest absolute Gasteiger partial charge is 1.00 e. The number of halogens is 2. The maximum Gasteiger partial charge on any atom is -1.00 e. The number of allylic oxidation sites excluding steroid dienone is 4.